The SMILES string of the molecule is CO[Si](CCc1c(C)cccc1[Si](OC)(OC)OC)(OC)OC. The summed E-state index contributed by atoms with van der Waals surface area (Å²) in [7, 11) is 4.16. The molecular formula is C15H28O6Si2. The first-order chi connectivity index (χ1) is 11.0. The smallest absolute Gasteiger partial charge is 0.377 e. The van der Waals surface area contributed by atoms with Crippen molar-refractivity contribution in [1.82, 2.24) is 0 Å². The average molecular weight is 361 g/mol. The molecule has 132 valence electrons. The number of rotatable bonds is 10. The van der Waals surface area contributed by atoms with Gasteiger partial charge in [0.25, 0.3) is 0 Å². The number of hydrogen-bond acceptors (Lipinski definition) is 6. The van der Waals surface area contributed by atoms with Gasteiger partial charge in [-0.05, 0) is 24.5 Å². The van der Waals surface area contributed by atoms with Gasteiger partial charge in [-0.1, -0.05) is 18.2 Å². The van der Waals surface area contributed by atoms with E-state index >= 15 is 0 Å². The third kappa shape index (κ3) is 4.28. The molecule has 0 bridgehead atoms. The molecule has 1 aromatic rings. The molecule has 23 heavy (non-hydrogen) atoms. The Hall–Kier alpha value is -0.586. The fraction of sp³-hybridized carbons (Fsp3) is 0.600. The lowest BCUT2D eigenvalue weighted by Crippen LogP contribution is -2.56. The van der Waals surface area contributed by atoms with E-state index in [1.54, 1.807) is 42.7 Å². The minimum Gasteiger partial charge on any atom is -0.377 e. The zero-order valence-electron chi connectivity index (χ0n) is 15.1. The van der Waals surface area contributed by atoms with Crippen molar-refractivity contribution in [2.24, 2.45) is 0 Å². The van der Waals surface area contributed by atoms with Gasteiger partial charge in [-0.25, -0.2) is 0 Å². The summed E-state index contributed by atoms with van der Waals surface area (Å²) in [4.78, 5) is 0. The van der Waals surface area contributed by atoms with Crippen LogP contribution in [0.4, 0.5) is 0 Å². The van der Waals surface area contributed by atoms with E-state index in [2.05, 4.69) is 13.0 Å². The second kappa shape index (κ2) is 9.04. The summed E-state index contributed by atoms with van der Waals surface area (Å²) in [5, 5.41) is 0.969. The van der Waals surface area contributed by atoms with E-state index in [1.165, 1.54) is 0 Å². The highest BCUT2D eigenvalue weighted by Crippen LogP contribution is 2.20. The molecule has 0 atom stereocenters. The van der Waals surface area contributed by atoms with E-state index in [9.17, 15) is 0 Å². The monoisotopic (exact) mass is 360 g/mol. The van der Waals surface area contributed by atoms with Crippen LogP contribution in [-0.4, -0.2) is 60.3 Å². The Balaban J connectivity index is 3.21. The third-order valence-electron chi connectivity index (χ3n) is 4.16. The van der Waals surface area contributed by atoms with Crippen molar-refractivity contribution in [2.75, 3.05) is 42.7 Å². The highest BCUT2D eigenvalue weighted by atomic mass is 28.4. The molecule has 0 heterocycles. The number of benzene rings is 1. The highest BCUT2D eigenvalue weighted by Gasteiger charge is 2.44. The summed E-state index contributed by atoms with van der Waals surface area (Å²) >= 11 is 0. The van der Waals surface area contributed by atoms with Crippen LogP contribution < -0.4 is 5.19 Å². The molecule has 0 N–H and O–H groups in total. The molecule has 0 saturated carbocycles. The lowest BCUT2D eigenvalue weighted by Gasteiger charge is -2.29. The van der Waals surface area contributed by atoms with Crippen LogP contribution in [0.1, 0.15) is 11.1 Å². The summed E-state index contributed by atoms with van der Waals surface area (Å²) in [6.07, 6.45) is 0.731. The maximum absolute atomic E-state index is 5.64. The van der Waals surface area contributed by atoms with Crippen molar-refractivity contribution >= 4 is 22.8 Å². The Bertz CT molecular complexity index is 472. The van der Waals surface area contributed by atoms with Crippen LogP contribution in [0.5, 0.6) is 0 Å². The molecule has 0 amide bonds. The van der Waals surface area contributed by atoms with Crippen LogP contribution in [-0.2, 0) is 33.0 Å². The minimum atomic E-state index is -2.90. The Morgan fingerprint density at radius 2 is 1.30 bits per heavy atom. The standard InChI is InChI=1S/C15H28O6Si2/c1-13-9-8-10-15(23(19-5,20-6)21-7)14(13)11-12-22(16-2,17-3)18-4/h8-10H,11-12H2,1-7H3. The Kier molecular flexibility index (Phi) is 8.04. The molecule has 1 aromatic carbocycles. The Morgan fingerprint density at radius 1 is 0.783 bits per heavy atom. The minimum absolute atomic E-state index is 0.663. The van der Waals surface area contributed by atoms with Gasteiger partial charge in [0.2, 0.25) is 0 Å². The molecule has 0 aromatic heterocycles. The van der Waals surface area contributed by atoms with Crippen molar-refractivity contribution < 1.29 is 26.6 Å². The van der Waals surface area contributed by atoms with Gasteiger partial charge in [0.05, 0.1) is 0 Å². The van der Waals surface area contributed by atoms with Gasteiger partial charge in [-0.2, -0.15) is 0 Å². The zero-order valence-corrected chi connectivity index (χ0v) is 17.1. The topological polar surface area (TPSA) is 55.4 Å². The predicted octanol–water partition coefficient (Wildman–Crippen LogP) is 1.50. The van der Waals surface area contributed by atoms with Gasteiger partial charge in [0.1, 0.15) is 0 Å². The molecule has 0 aliphatic carbocycles. The van der Waals surface area contributed by atoms with E-state index in [0.717, 1.165) is 22.7 Å². The molecule has 0 saturated heterocycles. The van der Waals surface area contributed by atoms with Gasteiger partial charge in [0.15, 0.2) is 0 Å². The maximum atomic E-state index is 5.64. The van der Waals surface area contributed by atoms with E-state index in [4.69, 9.17) is 26.6 Å². The van der Waals surface area contributed by atoms with Crippen molar-refractivity contribution in [3.63, 3.8) is 0 Å². The number of hydrogen-bond donors (Lipinski definition) is 0. The normalized spacial score (nSPS) is 12.7. The summed E-state index contributed by atoms with van der Waals surface area (Å²) in [6, 6.07) is 6.71. The van der Waals surface area contributed by atoms with Crippen molar-refractivity contribution in [3.05, 3.63) is 29.3 Å². The average Bonchev–Trinajstić information content (AvgIpc) is 2.60. The second-order valence-corrected chi connectivity index (χ2v) is 11.0. The molecular weight excluding hydrogens is 332 g/mol. The van der Waals surface area contributed by atoms with Gasteiger partial charge in [-0.3, -0.25) is 0 Å². The zero-order chi connectivity index (χ0) is 17.5. The van der Waals surface area contributed by atoms with E-state index in [-0.39, 0.29) is 0 Å². The molecule has 0 aliphatic rings. The molecule has 0 unspecified atom stereocenters. The second-order valence-electron chi connectivity index (χ2n) is 5.06. The van der Waals surface area contributed by atoms with E-state index in [0.29, 0.717) is 6.04 Å². The molecule has 0 radical (unpaired) electrons. The lowest BCUT2D eigenvalue weighted by molar-refractivity contribution is 0.123. The van der Waals surface area contributed by atoms with Crippen LogP contribution in [0.15, 0.2) is 18.2 Å². The summed E-state index contributed by atoms with van der Waals surface area (Å²) < 4.78 is 33.5. The highest BCUT2D eigenvalue weighted by molar-refractivity contribution is 6.75. The molecule has 8 heteroatoms. The fourth-order valence-corrected chi connectivity index (χ4v) is 6.56. The van der Waals surface area contributed by atoms with Crippen LogP contribution in [0.3, 0.4) is 0 Å². The first-order valence-corrected chi connectivity index (χ1v) is 11.0. The summed E-state index contributed by atoms with van der Waals surface area (Å²) in [6.45, 7) is 2.06. The number of aryl methyl sites for hydroxylation is 1. The van der Waals surface area contributed by atoms with Crippen molar-refractivity contribution in [2.45, 2.75) is 19.4 Å². The van der Waals surface area contributed by atoms with Gasteiger partial charge >= 0.3 is 17.6 Å². The fourth-order valence-electron chi connectivity index (χ4n) is 2.74. The van der Waals surface area contributed by atoms with Crippen LogP contribution in [0.25, 0.3) is 0 Å². The molecule has 6 nitrogen and oxygen atoms in total. The maximum Gasteiger partial charge on any atom is 0.536 e. The predicted molar refractivity (Wildman–Crippen MR) is 92.9 cm³/mol. The third-order valence-corrected chi connectivity index (χ3v) is 9.63. The van der Waals surface area contributed by atoms with Crippen molar-refractivity contribution in [3.8, 4) is 0 Å². The van der Waals surface area contributed by atoms with Crippen LogP contribution in [0.2, 0.25) is 6.04 Å². The van der Waals surface area contributed by atoms with Gasteiger partial charge in [0, 0.05) is 53.9 Å². The Labute approximate surface area is 141 Å². The summed E-state index contributed by atoms with van der Waals surface area (Å²) in [5.74, 6) is 0. The first-order valence-electron chi connectivity index (χ1n) is 7.38. The molecule has 0 aliphatic heterocycles. The lowest BCUT2D eigenvalue weighted by atomic mass is 10.1. The molecule has 0 fully saturated rings. The van der Waals surface area contributed by atoms with E-state index < -0.39 is 17.6 Å². The van der Waals surface area contributed by atoms with Crippen molar-refractivity contribution in [1.29, 1.82) is 0 Å². The van der Waals surface area contributed by atoms with E-state index in [1.807, 2.05) is 12.1 Å². The largest absolute Gasteiger partial charge is 0.536 e. The van der Waals surface area contributed by atoms with Gasteiger partial charge < -0.3 is 26.6 Å². The van der Waals surface area contributed by atoms with Gasteiger partial charge in [-0.15, -0.1) is 0 Å². The van der Waals surface area contributed by atoms with Crippen LogP contribution >= 0.6 is 0 Å². The van der Waals surface area contributed by atoms with Crippen LogP contribution in [0, 0.1) is 6.92 Å². The quantitative estimate of drug-likeness (QED) is 0.590. The first kappa shape index (κ1) is 20.5. The summed E-state index contributed by atoms with van der Waals surface area (Å²) in [5.41, 5.74) is 2.28. The molecule has 0 spiro atoms. The molecule has 1 rings (SSSR count). The Morgan fingerprint density at radius 3 is 1.74 bits per heavy atom.